The maximum Gasteiger partial charge on any atom is 0.416 e. The van der Waals surface area contributed by atoms with Gasteiger partial charge in [0.15, 0.2) is 5.13 Å². The van der Waals surface area contributed by atoms with Crippen LogP contribution >= 0.6 is 11.3 Å². The molecule has 0 saturated carbocycles. The van der Waals surface area contributed by atoms with Crippen LogP contribution in [0.1, 0.15) is 42.3 Å². The van der Waals surface area contributed by atoms with Crippen LogP contribution in [0.4, 0.5) is 18.3 Å². The predicted octanol–water partition coefficient (Wildman–Crippen LogP) is 5.87. The van der Waals surface area contributed by atoms with E-state index >= 15 is 0 Å². The molecule has 1 amide bonds. The largest absolute Gasteiger partial charge is 0.416 e. The second-order valence-corrected chi connectivity index (χ2v) is 8.22. The van der Waals surface area contributed by atoms with E-state index in [1.54, 1.807) is 0 Å². The van der Waals surface area contributed by atoms with Gasteiger partial charge in [0, 0.05) is 18.7 Å². The number of hydrogen-bond donors (Lipinski definition) is 0. The van der Waals surface area contributed by atoms with Gasteiger partial charge in [-0.3, -0.25) is 9.69 Å². The molecule has 3 aromatic rings. The summed E-state index contributed by atoms with van der Waals surface area (Å²) in [4.78, 5) is 21.6. The Hall–Kier alpha value is -2.45. The van der Waals surface area contributed by atoms with Gasteiger partial charge in [-0.1, -0.05) is 44.2 Å². The third-order valence-electron chi connectivity index (χ3n) is 5.30. The average molecular weight is 450 g/mol. The first kappa shape index (κ1) is 23.2. The molecule has 0 aliphatic carbocycles. The zero-order valence-electron chi connectivity index (χ0n) is 17.9. The molecule has 1 heterocycles. The lowest BCUT2D eigenvalue weighted by Crippen LogP contribution is -2.39. The molecule has 4 nitrogen and oxygen atoms in total. The van der Waals surface area contributed by atoms with Crippen LogP contribution in [0.2, 0.25) is 0 Å². The maximum atomic E-state index is 13.3. The van der Waals surface area contributed by atoms with Gasteiger partial charge in [-0.25, -0.2) is 4.98 Å². The Kier molecular flexibility index (Phi) is 7.33. The second-order valence-electron chi connectivity index (χ2n) is 7.21. The van der Waals surface area contributed by atoms with Gasteiger partial charge in [0.25, 0.3) is 5.91 Å². The van der Waals surface area contributed by atoms with Gasteiger partial charge in [-0.05, 0) is 55.4 Å². The van der Waals surface area contributed by atoms with Gasteiger partial charge in [0.2, 0.25) is 0 Å². The molecule has 0 aliphatic rings. The van der Waals surface area contributed by atoms with E-state index in [9.17, 15) is 18.0 Å². The maximum absolute atomic E-state index is 13.3. The van der Waals surface area contributed by atoms with Crippen LogP contribution in [-0.2, 0) is 12.6 Å². The van der Waals surface area contributed by atoms with Crippen molar-refractivity contribution in [1.29, 1.82) is 0 Å². The van der Waals surface area contributed by atoms with Gasteiger partial charge >= 0.3 is 6.18 Å². The van der Waals surface area contributed by atoms with E-state index < -0.39 is 17.6 Å². The number of aryl methyl sites for hydroxylation is 1. The van der Waals surface area contributed by atoms with Crippen molar-refractivity contribution in [2.45, 2.75) is 33.4 Å². The summed E-state index contributed by atoms with van der Waals surface area (Å²) in [5.41, 5.74) is 1.12. The Morgan fingerprint density at radius 2 is 1.77 bits per heavy atom. The van der Waals surface area contributed by atoms with Crippen molar-refractivity contribution in [3.63, 3.8) is 0 Å². The molecular weight excluding hydrogens is 423 g/mol. The van der Waals surface area contributed by atoms with Gasteiger partial charge < -0.3 is 4.90 Å². The summed E-state index contributed by atoms with van der Waals surface area (Å²) in [5, 5.41) is 0.498. The van der Waals surface area contributed by atoms with E-state index in [1.807, 2.05) is 32.0 Å². The number of fused-ring (bicyclic) bond motifs is 1. The minimum atomic E-state index is -4.51. The van der Waals surface area contributed by atoms with Crippen molar-refractivity contribution in [2.24, 2.45) is 0 Å². The van der Waals surface area contributed by atoms with Crippen LogP contribution in [0.3, 0.4) is 0 Å². The number of benzene rings is 2. The molecule has 8 heteroatoms. The van der Waals surface area contributed by atoms with E-state index in [4.69, 9.17) is 0 Å². The molecule has 0 fully saturated rings. The molecule has 1 aromatic heterocycles. The molecule has 166 valence electrons. The quantitative estimate of drug-likeness (QED) is 0.432. The van der Waals surface area contributed by atoms with Crippen molar-refractivity contribution < 1.29 is 18.0 Å². The summed E-state index contributed by atoms with van der Waals surface area (Å²) in [6, 6.07) is 10.5. The molecule has 0 radical (unpaired) electrons. The van der Waals surface area contributed by atoms with Gasteiger partial charge in [0.1, 0.15) is 0 Å². The average Bonchev–Trinajstić information content (AvgIpc) is 3.18. The Morgan fingerprint density at radius 3 is 2.42 bits per heavy atom. The summed E-state index contributed by atoms with van der Waals surface area (Å²) < 4.78 is 40.5. The van der Waals surface area contributed by atoms with E-state index in [2.05, 4.69) is 16.8 Å². The predicted molar refractivity (Wildman–Crippen MR) is 120 cm³/mol. The van der Waals surface area contributed by atoms with Crippen LogP contribution < -0.4 is 4.90 Å². The Balaban J connectivity index is 1.99. The number of alkyl halides is 3. The summed E-state index contributed by atoms with van der Waals surface area (Å²) in [6.45, 7) is 8.73. The van der Waals surface area contributed by atoms with Crippen LogP contribution in [0.25, 0.3) is 10.2 Å². The molecule has 0 unspecified atom stereocenters. The normalized spacial score (nSPS) is 12.0. The second kappa shape index (κ2) is 9.78. The minimum Gasteiger partial charge on any atom is -0.302 e. The smallest absolute Gasteiger partial charge is 0.302 e. The number of anilines is 1. The summed E-state index contributed by atoms with van der Waals surface area (Å²) in [5.74, 6) is -0.479. The third kappa shape index (κ3) is 5.43. The Bertz CT molecular complexity index is 1040. The highest BCUT2D eigenvalue weighted by Gasteiger charge is 2.32. The number of rotatable bonds is 8. The lowest BCUT2D eigenvalue weighted by molar-refractivity contribution is -0.137. The van der Waals surface area contributed by atoms with Gasteiger partial charge in [-0.2, -0.15) is 13.2 Å². The van der Waals surface area contributed by atoms with Crippen LogP contribution in [0.5, 0.6) is 0 Å². The first-order valence-corrected chi connectivity index (χ1v) is 11.2. The number of amides is 1. The molecule has 0 bridgehead atoms. The van der Waals surface area contributed by atoms with Crippen molar-refractivity contribution >= 4 is 32.6 Å². The molecule has 0 spiro atoms. The number of thiazole rings is 1. The zero-order chi connectivity index (χ0) is 22.6. The number of likely N-dealkylation sites (N-methyl/N-ethyl adjacent to an activating group) is 1. The first-order valence-electron chi connectivity index (χ1n) is 10.4. The Labute approximate surface area is 184 Å². The molecule has 3 rings (SSSR count). The minimum absolute atomic E-state index is 0.00266. The highest BCUT2D eigenvalue weighted by molar-refractivity contribution is 7.22. The fourth-order valence-electron chi connectivity index (χ4n) is 3.34. The van der Waals surface area contributed by atoms with E-state index in [0.29, 0.717) is 18.2 Å². The SMILES string of the molecule is CCc1ccc2nc(N(CCN(CC)CC)C(=O)c3cccc(C(F)(F)F)c3)sc2c1. The summed E-state index contributed by atoms with van der Waals surface area (Å²) >= 11 is 1.39. The van der Waals surface area contributed by atoms with Crippen molar-refractivity contribution in [3.8, 4) is 0 Å². The highest BCUT2D eigenvalue weighted by Crippen LogP contribution is 2.32. The van der Waals surface area contributed by atoms with Crippen molar-refractivity contribution in [1.82, 2.24) is 9.88 Å². The number of nitrogens with zero attached hydrogens (tertiary/aromatic N) is 3. The molecule has 31 heavy (non-hydrogen) atoms. The van der Waals surface area contributed by atoms with E-state index in [1.165, 1.54) is 33.9 Å². The molecule has 0 saturated heterocycles. The number of aromatic nitrogens is 1. The fourth-order valence-corrected chi connectivity index (χ4v) is 4.40. The van der Waals surface area contributed by atoms with Crippen LogP contribution in [0.15, 0.2) is 42.5 Å². The lowest BCUT2D eigenvalue weighted by atomic mass is 10.1. The van der Waals surface area contributed by atoms with E-state index in [-0.39, 0.29) is 5.56 Å². The standard InChI is InChI=1S/C23H26F3N3OS/c1-4-16-10-11-19-20(14-16)31-22(27-19)29(13-12-28(5-2)6-3)21(30)17-8-7-9-18(15-17)23(24,25)26/h7-11,14-15H,4-6,12-13H2,1-3H3. The summed E-state index contributed by atoms with van der Waals surface area (Å²) in [7, 11) is 0. The van der Waals surface area contributed by atoms with E-state index in [0.717, 1.165) is 41.9 Å². The molecule has 0 atom stereocenters. The number of carbonyl (C=O) groups is 1. The molecule has 0 N–H and O–H groups in total. The Morgan fingerprint density at radius 1 is 1.03 bits per heavy atom. The van der Waals surface area contributed by atoms with Gasteiger partial charge in [0.05, 0.1) is 15.8 Å². The third-order valence-corrected chi connectivity index (χ3v) is 6.34. The lowest BCUT2D eigenvalue weighted by Gasteiger charge is -2.25. The monoisotopic (exact) mass is 449 g/mol. The number of halogens is 3. The highest BCUT2D eigenvalue weighted by atomic mass is 32.1. The topological polar surface area (TPSA) is 36.4 Å². The van der Waals surface area contributed by atoms with Crippen LogP contribution in [-0.4, -0.2) is 42.0 Å². The number of hydrogen-bond acceptors (Lipinski definition) is 4. The first-order chi connectivity index (χ1) is 14.8. The summed E-state index contributed by atoms with van der Waals surface area (Å²) in [6.07, 6.45) is -3.62. The van der Waals surface area contributed by atoms with Crippen LogP contribution in [0, 0.1) is 0 Å². The van der Waals surface area contributed by atoms with Gasteiger partial charge in [-0.15, -0.1) is 0 Å². The molecule has 2 aromatic carbocycles. The fraction of sp³-hybridized carbons (Fsp3) is 0.391. The molecular formula is C23H26F3N3OS. The number of carbonyl (C=O) groups excluding carboxylic acids is 1. The zero-order valence-corrected chi connectivity index (χ0v) is 18.7. The van der Waals surface area contributed by atoms with Crippen molar-refractivity contribution in [3.05, 3.63) is 59.2 Å². The molecule has 0 aliphatic heterocycles. The van der Waals surface area contributed by atoms with Crippen molar-refractivity contribution in [2.75, 3.05) is 31.1 Å².